The molecule has 0 aromatic carbocycles. The lowest BCUT2D eigenvalue weighted by molar-refractivity contribution is -0.117. The summed E-state index contributed by atoms with van der Waals surface area (Å²) in [5, 5.41) is 6.53. The first-order chi connectivity index (χ1) is 9.24. The van der Waals surface area contributed by atoms with Crippen molar-refractivity contribution in [2.24, 2.45) is 5.92 Å². The van der Waals surface area contributed by atoms with Crippen LogP contribution in [0.2, 0.25) is 0 Å². The number of hydrogen-bond acceptors (Lipinski definition) is 3. The van der Waals surface area contributed by atoms with Crippen molar-refractivity contribution in [1.82, 2.24) is 10.3 Å². The third kappa shape index (κ3) is 4.09. The zero-order chi connectivity index (χ0) is 13.2. The second kappa shape index (κ2) is 7.97. The second-order valence-electron chi connectivity index (χ2n) is 5.79. The van der Waals surface area contributed by atoms with Gasteiger partial charge in [-0.15, -0.1) is 24.8 Å². The number of fused-ring (bicyclic) bond motifs is 1. The van der Waals surface area contributed by atoms with E-state index in [1.54, 1.807) is 12.4 Å². The Bertz CT molecular complexity index is 470. The first kappa shape index (κ1) is 18.2. The van der Waals surface area contributed by atoms with Gasteiger partial charge in [0.05, 0.1) is 6.04 Å². The highest BCUT2D eigenvalue weighted by atomic mass is 35.5. The van der Waals surface area contributed by atoms with Gasteiger partial charge in [-0.3, -0.25) is 9.78 Å². The third-order valence-electron chi connectivity index (χ3n) is 4.46. The van der Waals surface area contributed by atoms with Gasteiger partial charge in [0.15, 0.2) is 0 Å². The summed E-state index contributed by atoms with van der Waals surface area (Å²) in [6.45, 7) is 1.96. The normalized spacial score (nSPS) is 27.0. The number of nitrogens with zero attached hydrogens (tertiary/aromatic N) is 1. The Balaban J connectivity index is 0.00000110. The van der Waals surface area contributed by atoms with E-state index in [0.29, 0.717) is 12.0 Å². The average molecular weight is 332 g/mol. The van der Waals surface area contributed by atoms with E-state index < -0.39 is 0 Å². The molecule has 0 radical (unpaired) electrons. The number of rotatable bonds is 2. The predicted octanol–water partition coefficient (Wildman–Crippen LogP) is 3.09. The smallest absolute Gasteiger partial charge is 0.241 e. The van der Waals surface area contributed by atoms with Crippen LogP contribution < -0.4 is 10.6 Å². The molecule has 3 atom stereocenters. The Hall–Kier alpha value is -0.840. The molecular weight excluding hydrogens is 309 g/mol. The number of carbonyl (C=O) groups excluding carboxylic acids is 1. The zero-order valence-electron chi connectivity index (χ0n) is 12.2. The van der Waals surface area contributed by atoms with Crippen molar-refractivity contribution in [3.63, 3.8) is 0 Å². The molecule has 118 valence electrons. The molecule has 6 heteroatoms. The minimum atomic E-state index is -0.0272. The van der Waals surface area contributed by atoms with Gasteiger partial charge in [-0.1, -0.05) is 12.8 Å². The fourth-order valence-electron chi connectivity index (χ4n) is 3.35. The number of anilines is 1. The van der Waals surface area contributed by atoms with Gasteiger partial charge in [-0.25, -0.2) is 0 Å². The Labute approximate surface area is 138 Å². The van der Waals surface area contributed by atoms with E-state index in [0.717, 1.165) is 17.7 Å². The summed E-state index contributed by atoms with van der Waals surface area (Å²) in [4.78, 5) is 16.4. The Kier molecular flexibility index (Phi) is 6.91. The molecule has 4 nitrogen and oxygen atoms in total. The maximum Gasteiger partial charge on any atom is 0.241 e. The van der Waals surface area contributed by atoms with E-state index in [2.05, 4.69) is 15.6 Å². The van der Waals surface area contributed by atoms with Gasteiger partial charge in [0.1, 0.15) is 0 Å². The molecule has 1 amide bonds. The number of pyridine rings is 1. The molecule has 3 unspecified atom stereocenters. The van der Waals surface area contributed by atoms with Crippen LogP contribution in [0.5, 0.6) is 0 Å². The molecule has 1 aliphatic carbocycles. The largest absolute Gasteiger partial charge is 0.324 e. The average Bonchev–Trinajstić information content (AvgIpc) is 2.85. The maximum atomic E-state index is 12.3. The summed E-state index contributed by atoms with van der Waals surface area (Å²) < 4.78 is 0. The van der Waals surface area contributed by atoms with Gasteiger partial charge in [0.25, 0.3) is 0 Å². The van der Waals surface area contributed by atoms with Crippen molar-refractivity contribution in [2.75, 3.05) is 5.32 Å². The molecule has 21 heavy (non-hydrogen) atoms. The van der Waals surface area contributed by atoms with Crippen LogP contribution in [-0.2, 0) is 4.79 Å². The monoisotopic (exact) mass is 331 g/mol. The fourth-order valence-corrected chi connectivity index (χ4v) is 3.35. The summed E-state index contributed by atoms with van der Waals surface area (Å²) in [7, 11) is 0. The number of hydrogen-bond donors (Lipinski definition) is 2. The minimum absolute atomic E-state index is 0. The van der Waals surface area contributed by atoms with Crippen molar-refractivity contribution < 1.29 is 4.79 Å². The molecule has 1 saturated carbocycles. The Morgan fingerprint density at radius 1 is 1.33 bits per heavy atom. The van der Waals surface area contributed by atoms with Gasteiger partial charge < -0.3 is 10.6 Å². The number of halogens is 2. The van der Waals surface area contributed by atoms with Crippen molar-refractivity contribution in [3.05, 3.63) is 24.0 Å². The molecule has 0 spiro atoms. The van der Waals surface area contributed by atoms with Gasteiger partial charge in [0, 0.05) is 24.1 Å². The lowest BCUT2D eigenvalue weighted by Gasteiger charge is -2.24. The summed E-state index contributed by atoms with van der Waals surface area (Å²) >= 11 is 0. The lowest BCUT2D eigenvalue weighted by atomic mass is 9.85. The first-order valence-electron chi connectivity index (χ1n) is 7.21. The molecule has 3 rings (SSSR count). The second-order valence-corrected chi connectivity index (χ2v) is 5.79. The SMILES string of the molecule is Cc1cnccc1NC(=O)C1CC2CCCCC2N1.Cl.Cl. The highest BCUT2D eigenvalue weighted by Gasteiger charge is 2.38. The maximum absolute atomic E-state index is 12.3. The molecule has 1 aromatic rings. The first-order valence-corrected chi connectivity index (χ1v) is 7.21. The number of aryl methyl sites for hydroxylation is 1. The molecule has 2 heterocycles. The summed E-state index contributed by atoms with van der Waals surface area (Å²) in [6, 6.07) is 2.39. The van der Waals surface area contributed by atoms with Crippen LogP contribution in [-0.4, -0.2) is 23.0 Å². The number of aromatic nitrogens is 1. The third-order valence-corrected chi connectivity index (χ3v) is 4.46. The highest BCUT2D eigenvalue weighted by molar-refractivity contribution is 5.95. The van der Waals surface area contributed by atoms with Crippen molar-refractivity contribution in [3.8, 4) is 0 Å². The molecule has 1 aliphatic heterocycles. The molecule has 0 bridgehead atoms. The predicted molar refractivity (Wildman–Crippen MR) is 89.4 cm³/mol. The van der Waals surface area contributed by atoms with Gasteiger partial charge in [0.2, 0.25) is 5.91 Å². The highest BCUT2D eigenvalue weighted by Crippen LogP contribution is 2.33. The van der Waals surface area contributed by atoms with Crippen LogP contribution in [0.25, 0.3) is 0 Å². The number of amides is 1. The Morgan fingerprint density at radius 3 is 2.81 bits per heavy atom. The van der Waals surface area contributed by atoms with E-state index in [9.17, 15) is 4.79 Å². The van der Waals surface area contributed by atoms with Gasteiger partial charge in [-0.2, -0.15) is 0 Å². The van der Waals surface area contributed by atoms with Crippen LogP contribution in [0.1, 0.15) is 37.7 Å². The van der Waals surface area contributed by atoms with Crippen molar-refractivity contribution >= 4 is 36.4 Å². The Morgan fingerprint density at radius 2 is 2.10 bits per heavy atom. The standard InChI is InChI=1S/C15H21N3O.2ClH/c1-10-9-16-7-6-12(10)18-15(19)14-8-11-4-2-3-5-13(11)17-14;;/h6-7,9,11,13-14,17H,2-5,8H2,1H3,(H,16,18,19);2*1H. The van der Waals surface area contributed by atoms with Crippen LogP contribution >= 0.6 is 24.8 Å². The summed E-state index contributed by atoms with van der Waals surface area (Å²) in [5.74, 6) is 0.798. The summed E-state index contributed by atoms with van der Waals surface area (Å²) in [6.07, 6.45) is 9.59. The van der Waals surface area contributed by atoms with Crippen LogP contribution in [0, 0.1) is 12.8 Å². The van der Waals surface area contributed by atoms with Gasteiger partial charge in [-0.05, 0) is 43.7 Å². The van der Waals surface area contributed by atoms with Crippen LogP contribution in [0.15, 0.2) is 18.5 Å². The van der Waals surface area contributed by atoms with E-state index in [-0.39, 0.29) is 36.8 Å². The lowest BCUT2D eigenvalue weighted by Crippen LogP contribution is -2.40. The minimum Gasteiger partial charge on any atom is -0.324 e. The fraction of sp³-hybridized carbons (Fsp3) is 0.600. The quantitative estimate of drug-likeness (QED) is 0.875. The molecule has 2 N–H and O–H groups in total. The molecule has 2 aliphatic rings. The topological polar surface area (TPSA) is 54.0 Å². The molecular formula is C15H23Cl2N3O. The van der Waals surface area contributed by atoms with Crippen molar-refractivity contribution in [1.29, 1.82) is 0 Å². The molecule has 1 aromatic heterocycles. The number of nitrogens with one attached hydrogen (secondary N) is 2. The summed E-state index contributed by atoms with van der Waals surface area (Å²) in [5.41, 5.74) is 1.88. The molecule has 2 fully saturated rings. The molecule has 1 saturated heterocycles. The van der Waals surface area contributed by atoms with Gasteiger partial charge >= 0.3 is 0 Å². The van der Waals surface area contributed by atoms with E-state index in [1.807, 2.05) is 13.0 Å². The van der Waals surface area contributed by atoms with E-state index in [4.69, 9.17) is 0 Å². The zero-order valence-corrected chi connectivity index (χ0v) is 13.8. The van der Waals surface area contributed by atoms with E-state index in [1.165, 1.54) is 25.7 Å². The van der Waals surface area contributed by atoms with Crippen molar-refractivity contribution in [2.45, 2.75) is 51.1 Å². The van der Waals surface area contributed by atoms with Crippen LogP contribution in [0.3, 0.4) is 0 Å². The number of carbonyl (C=O) groups is 1. The van der Waals surface area contributed by atoms with E-state index >= 15 is 0 Å². The van der Waals surface area contributed by atoms with Crippen LogP contribution in [0.4, 0.5) is 5.69 Å².